The quantitative estimate of drug-likeness (QED) is 0.555. The van der Waals surface area contributed by atoms with Gasteiger partial charge in [-0.25, -0.2) is 0 Å². The Balaban J connectivity index is -0.0000000492. The standard InChI is InChI=1S/3C2H4O2.O.V/c3*1-2(3)4;;/h3*1H3,(H,3,4);;. The van der Waals surface area contributed by atoms with E-state index in [0.717, 1.165) is 38.1 Å². The summed E-state index contributed by atoms with van der Waals surface area (Å²) in [6, 6.07) is 0. The zero-order valence-corrected chi connectivity index (χ0v) is 9.32. The van der Waals surface area contributed by atoms with Crippen LogP contribution in [0.2, 0.25) is 0 Å². The van der Waals surface area contributed by atoms with Crippen molar-refractivity contribution in [1.29, 1.82) is 0 Å². The molecule has 0 spiro atoms. The van der Waals surface area contributed by atoms with Gasteiger partial charge in [-0.3, -0.25) is 14.4 Å². The van der Waals surface area contributed by atoms with Gasteiger partial charge in [-0.05, 0) is 0 Å². The molecule has 83 valence electrons. The van der Waals surface area contributed by atoms with Gasteiger partial charge in [0.15, 0.2) is 0 Å². The number of carboxylic acids is 3. The third-order valence-electron chi connectivity index (χ3n) is 0. The van der Waals surface area contributed by atoms with E-state index in [2.05, 4.69) is 0 Å². The summed E-state index contributed by atoms with van der Waals surface area (Å²) in [6.45, 7) is 3.25. The van der Waals surface area contributed by atoms with Gasteiger partial charge in [-0.1, -0.05) is 0 Å². The summed E-state index contributed by atoms with van der Waals surface area (Å²) < 4.78 is 8.19. The first-order valence-electron chi connectivity index (χ1n) is 2.97. The van der Waals surface area contributed by atoms with E-state index in [1.165, 1.54) is 0 Å². The van der Waals surface area contributed by atoms with Gasteiger partial charge >= 0.3 is 21.0 Å². The summed E-state index contributed by atoms with van der Waals surface area (Å²) in [5, 5.41) is 22.2. The number of aliphatic carboxylic acids is 3. The number of rotatable bonds is 0. The molecule has 0 unspecified atom stereocenters. The summed E-state index contributed by atoms with van der Waals surface area (Å²) in [5.74, 6) is -2.50. The zero-order chi connectivity index (χ0) is 12.7. The van der Waals surface area contributed by atoms with Crippen LogP contribution in [0.15, 0.2) is 0 Å². The van der Waals surface area contributed by atoms with Crippen molar-refractivity contribution >= 4 is 17.9 Å². The van der Waals surface area contributed by atoms with Crippen LogP contribution in [-0.4, -0.2) is 33.2 Å². The molecular formula is C6H12O7V. The second-order valence-electron chi connectivity index (χ2n) is 1.56. The monoisotopic (exact) mass is 247 g/mol. The normalized spacial score (nSPS) is 5.57. The molecule has 0 aromatic rings. The molecule has 14 heavy (non-hydrogen) atoms. The molecule has 0 heterocycles. The third-order valence-corrected chi connectivity index (χ3v) is 0. The molecule has 0 atom stereocenters. The van der Waals surface area contributed by atoms with Crippen LogP contribution in [0.5, 0.6) is 0 Å². The van der Waals surface area contributed by atoms with E-state index in [-0.39, 0.29) is 0 Å². The zero-order valence-electron chi connectivity index (χ0n) is 7.92. The van der Waals surface area contributed by atoms with Crippen molar-refractivity contribution in [3.05, 3.63) is 0 Å². The number of carboxylic acid groups (broad SMARTS) is 3. The first-order valence-corrected chi connectivity index (χ1v) is 3.54. The van der Waals surface area contributed by atoms with Crippen LogP contribution in [0.1, 0.15) is 20.8 Å². The molecule has 0 saturated heterocycles. The van der Waals surface area contributed by atoms with E-state index in [0.29, 0.717) is 0 Å². The van der Waals surface area contributed by atoms with E-state index >= 15 is 0 Å². The Morgan fingerprint density at radius 3 is 0.714 bits per heavy atom. The Bertz CT molecular complexity index is 127. The molecule has 0 saturated carbocycles. The average molecular weight is 247 g/mol. The topological polar surface area (TPSA) is 129 Å². The van der Waals surface area contributed by atoms with Gasteiger partial charge < -0.3 is 15.3 Å². The van der Waals surface area contributed by atoms with E-state index in [4.69, 9.17) is 33.4 Å². The van der Waals surface area contributed by atoms with Gasteiger partial charge in [0.1, 0.15) is 0 Å². The van der Waals surface area contributed by atoms with Gasteiger partial charge in [0.25, 0.3) is 17.9 Å². The van der Waals surface area contributed by atoms with Crippen LogP contribution < -0.4 is 0 Å². The molecule has 0 radical (unpaired) electrons. The molecule has 7 nitrogen and oxygen atoms in total. The summed E-state index contributed by atoms with van der Waals surface area (Å²) in [5.41, 5.74) is 0. The van der Waals surface area contributed by atoms with Crippen LogP contribution in [-0.2, 0) is 35.4 Å². The Labute approximate surface area is 89.9 Å². The molecule has 0 amide bonds. The van der Waals surface area contributed by atoms with E-state index in [1.54, 1.807) is 0 Å². The van der Waals surface area contributed by atoms with Gasteiger partial charge in [-0.2, -0.15) is 0 Å². The van der Waals surface area contributed by atoms with Crippen LogP contribution in [0.25, 0.3) is 0 Å². The van der Waals surface area contributed by atoms with Crippen molar-refractivity contribution in [2.45, 2.75) is 20.8 Å². The molecule has 0 fully saturated rings. The Hall–Kier alpha value is -1.21. The fourth-order valence-electron chi connectivity index (χ4n) is 0. The maximum atomic E-state index is 9.00. The van der Waals surface area contributed by atoms with Crippen LogP contribution in [0.3, 0.4) is 0 Å². The second kappa shape index (κ2) is 22.6. The molecule has 3 N–H and O–H groups in total. The van der Waals surface area contributed by atoms with Gasteiger partial charge in [0.05, 0.1) is 0 Å². The van der Waals surface area contributed by atoms with Crippen LogP contribution in [0, 0.1) is 0 Å². The summed E-state index contributed by atoms with van der Waals surface area (Å²) in [4.78, 5) is 27.0. The Morgan fingerprint density at radius 2 is 0.714 bits per heavy atom. The Kier molecular flexibility index (Phi) is 37.2. The first-order chi connectivity index (χ1) is 6.20. The third kappa shape index (κ3) is 712. The second-order valence-corrected chi connectivity index (χ2v) is 1.56. The molecule has 0 aliphatic carbocycles. The van der Waals surface area contributed by atoms with Crippen molar-refractivity contribution < 1.29 is 50.7 Å². The molecule has 0 rings (SSSR count). The summed E-state index contributed by atoms with van der Waals surface area (Å²) >= 11 is 1.06. The molecular weight excluding hydrogens is 235 g/mol. The van der Waals surface area contributed by atoms with Crippen molar-refractivity contribution in [3.63, 3.8) is 0 Å². The SMILES string of the molecule is CC(=O)O.CC(=O)O.CC(=O)O.[O]=[V]. The summed E-state index contributed by atoms with van der Waals surface area (Å²) in [7, 11) is 0. The van der Waals surface area contributed by atoms with Crippen molar-refractivity contribution in [2.75, 3.05) is 0 Å². The van der Waals surface area contributed by atoms with Crippen molar-refractivity contribution in [2.24, 2.45) is 0 Å². The number of hydrogen-bond donors (Lipinski definition) is 3. The average Bonchev–Trinajstić information content (AvgIpc) is 1.86. The van der Waals surface area contributed by atoms with E-state index < -0.39 is 17.9 Å². The van der Waals surface area contributed by atoms with Crippen LogP contribution in [0.4, 0.5) is 0 Å². The molecule has 0 aromatic heterocycles. The van der Waals surface area contributed by atoms with Gasteiger partial charge in [-0.15, -0.1) is 0 Å². The number of hydrogen-bond acceptors (Lipinski definition) is 4. The minimum absolute atomic E-state index is 0.833. The first kappa shape index (κ1) is 23.0. The molecule has 0 aromatic carbocycles. The van der Waals surface area contributed by atoms with Crippen molar-refractivity contribution in [1.82, 2.24) is 0 Å². The molecule has 8 heteroatoms. The molecule has 0 aliphatic rings. The minimum atomic E-state index is -0.833. The maximum absolute atomic E-state index is 9.00. The predicted molar refractivity (Wildman–Crippen MR) is 40.6 cm³/mol. The Morgan fingerprint density at radius 1 is 0.714 bits per heavy atom. The fraction of sp³-hybridized carbons (Fsp3) is 0.500. The summed E-state index contributed by atoms with van der Waals surface area (Å²) in [6.07, 6.45) is 0. The van der Waals surface area contributed by atoms with E-state index in [9.17, 15) is 0 Å². The van der Waals surface area contributed by atoms with Crippen molar-refractivity contribution in [3.8, 4) is 0 Å². The molecule has 0 aliphatic heterocycles. The molecule has 0 bridgehead atoms. The van der Waals surface area contributed by atoms with Crippen LogP contribution >= 0.6 is 0 Å². The van der Waals surface area contributed by atoms with Gasteiger partial charge in [0.2, 0.25) is 0 Å². The van der Waals surface area contributed by atoms with E-state index in [1.807, 2.05) is 0 Å². The number of carbonyl (C=O) groups is 3. The van der Waals surface area contributed by atoms with Gasteiger partial charge in [0, 0.05) is 20.8 Å². The fourth-order valence-corrected chi connectivity index (χ4v) is 0. The predicted octanol–water partition coefficient (Wildman–Crippen LogP) is 0.151.